The van der Waals surface area contributed by atoms with Crippen LogP contribution in [-0.4, -0.2) is 33.5 Å². The molecule has 1 aliphatic rings. The molecular weight excluding hydrogens is 305 g/mol. The number of sulfone groups is 1. The maximum atomic E-state index is 11.4. The molecule has 1 aromatic carbocycles. The molecular formula is C13H17Cl2NO2S. The number of hydrogen-bond donors (Lipinski definition) is 1. The molecule has 3 nitrogen and oxygen atoms in total. The first-order valence-corrected chi connectivity index (χ1v) is 8.98. The van der Waals surface area contributed by atoms with Crippen LogP contribution >= 0.6 is 23.2 Å². The van der Waals surface area contributed by atoms with Crippen molar-refractivity contribution >= 4 is 33.0 Å². The quantitative estimate of drug-likeness (QED) is 0.927. The summed E-state index contributed by atoms with van der Waals surface area (Å²) in [7, 11) is -2.96. The molecule has 6 heteroatoms. The molecule has 0 radical (unpaired) electrons. The molecule has 1 unspecified atom stereocenters. The molecule has 106 valence electrons. The molecule has 2 rings (SSSR count). The molecule has 1 saturated heterocycles. The smallest absolute Gasteiger partial charge is 0.147 e. The Bertz CT molecular complexity index is 566. The Kier molecular flexibility index (Phi) is 4.45. The van der Waals surface area contributed by atoms with Crippen LogP contribution in [0.1, 0.15) is 18.4 Å². The minimum absolute atomic E-state index is 0.155. The van der Waals surface area contributed by atoms with Crippen molar-refractivity contribution in [3.8, 4) is 0 Å². The van der Waals surface area contributed by atoms with Crippen LogP contribution in [0.3, 0.4) is 0 Å². The van der Waals surface area contributed by atoms with Crippen molar-refractivity contribution in [3.63, 3.8) is 0 Å². The van der Waals surface area contributed by atoms with Gasteiger partial charge in [0.15, 0.2) is 0 Å². The SMILES string of the molecule is CS(=O)(=O)CCC1(c2ccc(Cl)c(Cl)c2)CCNC1. The van der Waals surface area contributed by atoms with E-state index >= 15 is 0 Å². The first kappa shape index (κ1) is 15.1. The molecule has 1 N–H and O–H groups in total. The van der Waals surface area contributed by atoms with E-state index in [2.05, 4.69) is 5.32 Å². The van der Waals surface area contributed by atoms with Crippen LogP contribution in [0.25, 0.3) is 0 Å². The number of hydrogen-bond acceptors (Lipinski definition) is 3. The summed E-state index contributed by atoms with van der Waals surface area (Å²) in [5, 5.41) is 4.35. The van der Waals surface area contributed by atoms with Gasteiger partial charge in [-0.05, 0) is 37.1 Å². The third-order valence-corrected chi connectivity index (χ3v) is 5.41. The standard InChI is InChI=1S/C13H17Cl2NO2S/c1-19(17,18)7-5-13(4-6-16-9-13)10-2-3-11(14)12(15)8-10/h2-3,8,16H,4-7,9H2,1H3. The van der Waals surface area contributed by atoms with Crippen molar-refractivity contribution in [1.29, 1.82) is 0 Å². The highest BCUT2D eigenvalue weighted by atomic mass is 35.5. The fourth-order valence-corrected chi connectivity index (χ4v) is 3.61. The topological polar surface area (TPSA) is 46.2 Å². The maximum absolute atomic E-state index is 11.4. The molecule has 0 spiro atoms. The van der Waals surface area contributed by atoms with E-state index in [4.69, 9.17) is 23.2 Å². The van der Waals surface area contributed by atoms with Gasteiger partial charge in [0.25, 0.3) is 0 Å². The first-order chi connectivity index (χ1) is 8.82. The van der Waals surface area contributed by atoms with Crippen molar-refractivity contribution in [3.05, 3.63) is 33.8 Å². The Hall–Kier alpha value is -0.290. The lowest BCUT2D eigenvalue weighted by Crippen LogP contribution is -2.31. The van der Waals surface area contributed by atoms with Crippen molar-refractivity contribution in [1.82, 2.24) is 5.32 Å². The third-order valence-electron chi connectivity index (χ3n) is 3.73. The molecule has 0 saturated carbocycles. The van der Waals surface area contributed by atoms with Crippen molar-refractivity contribution in [2.45, 2.75) is 18.3 Å². The van der Waals surface area contributed by atoms with Crippen LogP contribution in [0, 0.1) is 0 Å². The Balaban J connectivity index is 2.30. The average Bonchev–Trinajstić information content (AvgIpc) is 2.79. The first-order valence-electron chi connectivity index (χ1n) is 6.16. The molecule has 0 amide bonds. The van der Waals surface area contributed by atoms with E-state index in [1.54, 1.807) is 6.07 Å². The van der Waals surface area contributed by atoms with E-state index in [0.29, 0.717) is 16.5 Å². The minimum atomic E-state index is -2.96. The molecule has 1 atom stereocenters. The van der Waals surface area contributed by atoms with Gasteiger partial charge in [0.05, 0.1) is 15.8 Å². The van der Waals surface area contributed by atoms with Crippen LogP contribution in [-0.2, 0) is 15.3 Å². The third kappa shape index (κ3) is 3.63. The minimum Gasteiger partial charge on any atom is -0.316 e. The average molecular weight is 322 g/mol. The Morgan fingerprint density at radius 3 is 2.58 bits per heavy atom. The van der Waals surface area contributed by atoms with Gasteiger partial charge in [-0.15, -0.1) is 0 Å². The molecule has 0 bridgehead atoms. The fraction of sp³-hybridized carbons (Fsp3) is 0.538. The van der Waals surface area contributed by atoms with Gasteiger partial charge < -0.3 is 5.32 Å². The van der Waals surface area contributed by atoms with E-state index < -0.39 is 9.84 Å². The highest BCUT2D eigenvalue weighted by Gasteiger charge is 2.36. The van der Waals surface area contributed by atoms with E-state index in [9.17, 15) is 8.42 Å². The largest absolute Gasteiger partial charge is 0.316 e. The van der Waals surface area contributed by atoms with Gasteiger partial charge in [-0.3, -0.25) is 0 Å². The van der Waals surface area contributed by atoms with E-state index in [1.165, 1.54) is 6.26 Å². The van der Waals surface area contributed by atoms with Gasteiger partial charge >= 0.3 is 0 Å². The summed E-state index contributed by atoms with van der Waals surface area (Å²) in [5.74, 6) is 0.189. The molecule has 1 aromatic rings. The summed E-state index contributed by atoms with van der Waals surface area (Å²) in [6, 6.07) is 5.59. The second-order valence-electron chi connectivity index (χ2n) is 5.22. The molecule has 0 aromatic heterocycles. The lowest BCUT2D eigenvalue weighted by atomic mass is 9.77. The Morgan fingerprint density at radius 2 is 2.05 bits per heavy atom. The van der Waals surface area contributed by atoms with Gasteiger partial charge in [0.1, 0.15) is 9.84 Å². The van der Waals surface area contributed by atoms with Crippen molar-refractivity contribution in [2.24, 2.45) is 0 Å². The van der Waals surface area contributed by atoms with Gasteiger partial charge in [-0.2, -0.15) is 0 Å². The summed E-state index contributed by atoms with van der Waals surface area (Å²) in [6.45, 7) is 1.67. The summed E-state index contributed by atoms with van der Waals surface area (Å²) < 4.78 is 22.8. The Labute approximate surface area is 124 Å². The molecule has 19 heavy (non-hydrogen) atoms. The lowest BCUT2D eigenvalue weighted by Gasteiger charge is -2.29. The van der Waals surface area contributed by atoms with Crippen molar-refractivity contribution < 1.29 is 8.42 Å². The predicted molar refractivity (Wildman–Crippen MR) is 80.0 cm³/mol. The number of halogens is 2. The number of benzene rings is 1. The van der Waals surface area contributed by atoms with Gasteiger partial charge in [-0.1, -0.05) is 29.3 Å². The number of nitrogens with one attached hydrogen (secondary N) is 1. The summed E-state index contributed by atoms with van der Waals surface area (Å²) in [5.41, 5.74) is 0.910. The van der Waals surface area contributed by atoms with Crippen LogP contribution < -0.4 is 5.32 Å². The van der Waals surface area contributed by atoms with E-state index in [1.807, 2.05) is 12.1 Å². The fourth-order valence-electron chi connectivity index (χ4n) is 2.55. The van der Waals surface area contributed by atoms with Gasteiger partial charge in [0.2, 0.25) is 0 Å². The Morgan fingerprint density at radius 1 is 1.32 bits per heavy atom. The number of rotatable bonds is 4. The molecule has 1 fully saturated rings. The second kappa shape index (κ2) is 5.60. The molecule has 0 aliphatic carbocycles. The maximum Gasteiger partial charge on any atom is 0.147 e. The highest BCUT2D eigenvalue weighted by Crippen LogP contribution is 2.37. The normalized spacial score (nSPS) is 23.7. The monoisotopic (exact) mass is 321 g/mol. The summed E-state index contributed by atoms with van der Waals surface area (Å²) in [6.07, 6.45) is 2.80. The van der Waals surface area contributed by atoms with E-state index in [-0.39, 0.29) is 11.2 Å². The van der Waals surface area contributed by atoms with Crippen LogP contribution in [0.15, 0.2) is 18.2 Å². The zero-order valence-corrected chi connectivity index (χ0v) is 13.1. The van der Waals surface area contributed by atoms with Gasteiger partial charge in [-0.25, -0.2) is 8.42 Å². The van der Waals surface area contributed by atoms with Crippen molar-refractivity contribution in [2.75, 3.05) is 25.1 Å². The zero-order valence-electron chi connectivity index (χ0n) is 10.7. The zero-order chi connectivity index (χ0) is 14.1. The van der Waals surface area contributed by atoms with Crippen LogP contribution in [0.2, 0.25) is 10.0 Å². The summed E-state index contributed by atoms with van der Waals surface area (Å²) >= 11 is 12.0. The predicted octanol–water partition coefficient (Wildman–Crippen LogP) is 2.66. The van der Waals surface area contributed by atoms with Crippen LogP contribution in [0.5, 0.6) is 0 Å². The highest BCUT2D eigenvalue weighted by molar-refractivity contribution is 7.90. The van der Waals surface area contributed by atoms with Gasteiger partial charge in [0, 0.05) is 18.2 Å². The van der Waals surface area contributed by atoms with E-state index in [0.717, 1.165) is 25.1 Å². The molecule has 1 heterocycles. The summed E-state index contributed by atoms with van der Waals surface area (Å²) in [4.78, 5) is 0. The lowest BCUT2D eigenvalue weighted by molar-refractivity contribution is 0.452. The molecule has 1 aliphatic heterocycles. The second-order valence-corrected chi connectivity index (χ2v) is 8.29. The van der Waals surface area contributed by atoms with Crippen LogP contribution in [0.4, 0.5) is 0 Å².